The van der Waals surface area contributed by atoms with E-state index in [0.29, 0.717) is 18.5 Å². The first-order valence-electron chi connectivity index (χ1n) is 6.84. The predicted molar refractivity (Wildman–Crippen MR) is 76.8 cm³/mol. The summed E-state index contributed by atoms with van der Waals surface area (Å²) >= 11 is 0. The fraction of sp³-hybridized carbons (Fsp3) is 0.400. The van der Waals surface area contributed by atoms with Crippen LogP contribution in [-0.4, -0.2) is 29.2 Å². The first kappa shape index (κ1) is 14.9. The molecule has 0 radical (unpaired) electrons. The molecule has 1 aliphatic rings. The average Bonchev–Trinajstić information content (AvgIpc) is 2.44. The average molecular weight is 287 g/mol. The van der Waals surface area contributed by atoms with E-state index < -0.39 is 17.5 Å². The molecule has 1 fully saturated rings. The van der Waals surface area contributed by atoms with Crippen LogP contribution in [-0.2, 0) is 4.79 Å². The van der Waals surface area contributed by atoms with Crippen molar-refractivity contribution in [2.24, 2.45) is 0 Å². The minimum Gasteiger partial charge on any atom is -0.480 e. The highest BCUT2D eigenvalue weighted by molar-refractivity contribution is 5.96. The summed E-state index contributed by atoms with van der Waals surface area (Å²) in [6.07, 6.45) is 1.85. The standard InChI is InChI=1S/C15H17N3O3/c16-10-5-11-18(12-6-2-1-3-7-12)14(21)17-15(13(19)20)8-4-9-15/h1-3,6-7H,4-5,8-9,11H2,(H,17,21)(H,19,20). The highest BCUT2D eigenvalue weighted by Gasteiger charge is 2.46. The van der Waals surface area contributed by atoms with Crippen molar-refractivity contribution < 1.29 is 14.7 Å². The second kappa shape index (κ2) is 6.27. The van der Waals surface area contributed by atoms with Gasteiger partial charge in [0.1, 0.15) is 5.54 Å². The fourth-order valence-corrected chi connectivity index (χ4v) is 2.31. The molecule has 2 amide bonds. The van der Waals surface area contributed by atoms with Crippen molar-refractivity contribution in [2.45, 2.75) is 31.2 Å². The van der Waals surface area contributed by atoms with E-state index >= 15 is 0 Å². The predicted octanol–water partition coefficient (Wildman–Crippen LogP) is 2.12. The lowest BCUT2D eigenvalue weighted by atomic mass is 9.77. The zero-order valence-electron chi connectivity index (χ0n) is 11.6. The summed E-state index contributed by atoms with van der Waals surface area (Å²) in [5, 5.41) is 20.6. The molecule has 0 saturated heterocycles. The maximum absolute atomic E-state index is 12.4. The molecule has 0 atom stereocenters. The summed E-state index contributed by atoms with van der Waals surface area (Å²) in [6.45, 7) is 0.224. The van der Waals surface area contributed by atoms with E-state index in [9.17, 15) is 14.7 Å². The highest BCUT2D eigenvalue weighted by Crippen LogP contribution is 2.32. The molecule has 1 saturated carbocycles. The molecular weight excluding hydrogens is 270 g/mol. The van der Waals surface area contributed by atoms with Gasteiger partial charge in [-0.2, -0.15) is 5.26 Å². The number of rotatable bonds is 5. The van der Waals surface area contributed by atoms with Crippen molar-refractivity contribution in [1.82, 2.24) is 5.32 Å². The van der Waals surface area contributed by atoms with E-state index in [1.165, 1.54) is 4.90 Å². The molecule has 1 aromatic carbocycles. The molecule has 6 nitrogen and oxygen atoms in total. The van der Waals surface area contributed by atoms with Crippen LogP contribution >= 0.6 is 0 Å². The largest absolute Gasteiger partial charge is 0.480 e. The third-order valence-corrected chi connectivity index (χ3v) is 3.72. The highest BCUT2D eigenvalue weighted by atomic mass is 16.4. The Morgan fingerprint density at radius 1 is 1.33 bits per heavy atom. The first-order chi connectivity index (χ1) is 10.1. The minimum absolute atomic E-state index is 0.183. The van der Waals surface area contributed by atoms with Gasteiger partial charge in [-0.05, 0) is 31.4 Å². The molecule has 0 bridgehead atoms. The van der Waals surface area contributed by atoms with Crippen LogP contribution in [0.3, 0.4) is 0 Å². The van der Waals surface area contributed by atoms with Gasteiger partial charge in [0, 0.05) is 12.2 Å². The van der Waals surface area contributed by atoms with Gasteiger partial charge in [0.15, 0.2) is 0 Å². The van der Waals surface area contributed by atoms with Crippen LogP contribution < -0.4 is 10.2 Å². The maximum atomic E-state index is 12.4. The van der Waals surface area contributed by atoms with Gasteiger partial charge in [-0.25, -0.2) is 9.59 Å². The van der Waals surface area contributed by atoms with Crippen molar-refractivity contribution in [1.29, 1.82) is 5.26 Å². The summed E-state index contributed by atoms with van der Waals surface area (Å²) in [5.74, 6) is -1.00. The minimum atomic E-state index is -1.16. The zero-order chi connectivity index (χ0) is 15.3. The van der Waals surface area contributed by atoms with Gasteiger partial charge >= 0.3 is 12.0 Å². The molecule has 21 heavy (non-hydrogen) atoms. The molecule has 2 rings (SSSR count). The topological polar surface area (TPSA) is 93.4 Å². The fourth-order valence-electron chi connectivity index (χ4n) is 2.31. The second-order valence-electron chi connectivity index (χ2n) is 5.07. The third kappa shape index (κ3) is 3.14. The number of aliphatic carboxylic acids is 1. The molecular formula is C15H17N3O3. The van der Waals surface area contributed by atoms with E-state index in [2.05, 4.69) is 5.32 Å². The van der Waals surface area contributed by atoms with E-state index in [4.69, 9.17) is 5.26 Å². The van der Waals surface area contributed by atoms with Gasteiger partial charge in [0.25, 0.3) is 0 Å². The van der Waals surface area contributed by atoms with Crippen LogP contribution in [0.2, 0.25) is 0 Å². The third-order valence-electron chi connectivity index (χ3n) is 3.72. The lowest BCUT2D eigenvalue weighted by molar-refractivity contribution is -0.148. The van der Waals surface area contributed by atoms with E-state index in [0.717, 1.165) is 6.42 Å². The molecule has 1 aliphatic carbocycles. The number of anilines is 1. The number of nitrogens with zero attached hydrogens (tertiary/aromatic N) is 2. The number of carboxylic acid groups (broad SMARTS) is 1. The monoisotopic (exact) mass is 287 g/mol. The summed E-state index contributed by atoms with van der Waals surface area (Å²) in [5.41, 5.74) is -0.512. The molecule has 2 N–H and O–H groups in total. The lowest BCUT2D eigenvalue weighted by Crippen LogP contribution is -2.61. The van der Waals surface area contributed by atoms with Crippen molar-refractivity contribution in [3.8, 4) is 6.07 Å². The lowest BCUT2D eigenvalue weighted by Gasteiger charge is -2.39. The smallest absolute Gasteiger partial charge is 0.329 e. The Kier molecular flexibility index (Phi) is 4.43. The Balaban J connectivity index is 2.15. The number of benzene rings is 1. The number of nitriles is 1. The number of carbonyl (C=O) groups excluding carboxylic acids is 1. The van der Waals surface area contributed by atoms with Gasteiger partial charge in [-0.1, -0.05) is 18.2 Å². The number of para-hydroxylation sites is 1. The van der Waals surface area contributed by atoms with Crippen LogP contribution in [0.5, 0.6) is 0 Å². The molecule has 0 unspecified atom stereocenters. The quantitative estimate of drug-likeness (QED) is 0.867. The molecule has 110 valence electrons. The van der Waals surface area contributed by atoms with Crippen molar-refractivity contribution in [3.63, 3.8) is 0 Å². The molecule has 0 aromatic heterocycles. The van der Waals surface area contributed by atoms with Crippen LogP contribution in [0, 0.1) is 11.3 Å². The number of amides is 2. The number of carboxylic acids is 1. The van der Waals surface area contributed by atoms with E-state index in [1.54, 1.807) is 24.3 Å². The molecule has 0 aliphatic heterocycles. The number of hydrogen-bond donors (Lipinski definition) is 2. The van der Waals surface area contributed by atoms with E-state index in [1.807, 2.05) is 12.1 Å². The number of hydrogen-bond acceptors (Lipinski definition) is 3. The molecule has 6 heteroatoms. The SMILES string of the molecule is N#CCCN(C(=O)NC1(C(=O)O)CCC1)c1ccccc1. The van der Waals surface area contributed by atoms with Gasteiger partial charge in [-0.15, -0.1) is 0 Å². The summed E-state index contributed by atoms with van der Waals surface area (Å²) in [7, 11) is 0. The maximum Gasteiger partial charge on any atom is 0.329 e. The Hall–Kier alpha value is -2.55. The van der Waals surface area contributed by atoms with Crippen molar-refractivity contribution in [2.75, 3.05) is 11.4 Å². The molecule has 0 spiro atoms. The number of carbonyl (C=O) groups is 2. The molecule has 0 heterocycles. The molecule has 1 aromatic rings. The summed E-state index contributed by atoms with van der Waals surface area (Å²) in [4.78, 5) is 25.1. The number of nitrogens with one attached hydrogen (secondary N) is 1. The second-order valence-corrected chi connectivity index (χ2v) is 5.07. The van der Waals surface area contributed by atoms with E-state index in [-0.39, 0.29) is 13.0 Å². The van der Waals surface area contributed by atoms with Crippen molar-refractivity contribution in [3.05, 3.63) is 30.3 Å². The van der Waals surface area contributed by atoms with Gasteiger partial charge in [-0.3, -0.25) is 4.90 Å². The van der Waals surface area contributed by atoms with Crippen molar-refractivity contribution >= 4 is 17.7 Å². The zero-order valence-corrected chi connectivity index (χ0v) is 11.6. The van der Waals surface area contributed by atoms with Crippen LogP contribution in [0.15, 0.2) is 30.3 Å². The Morgan fingerprint density at radius 2 is 2.00 bits per heavy atom. The van der Waals surface area contributed by atoms with Gasteiger partial charge < -0.3 is 10.4 Å². The van der Waals surface area contributed by atoms with Crippen LogP contribution in [0.25, 0.3) is 0 Å². The first-order valence-corrected chi connectivity index (χ1v) is 6.84. The summed E-state index contributed by atoms with van der Waals surface area (Å²) < 4.78 is 0. The normalized spacial score (nSPS) is 15.4. The number of urea groups is 1. The van der Waals surface area contributed by atoms with Gasteiger partial charge in [0.05, 0.1) is 12.5 Å². The Bertz CT molecular complexity index is 561. The summed E-state index contributed by atoms with van der Waals surface area (Å²) in [6, 6.07) is 10.4. The van der Waals surface area contributed by atoms with Gasteiger partial charge in [0.2, 0.25) is 0 Å². The Morgan fingerprint density at radius 3 is 2.48 bits per heavy atom. The van der Waals surface area contributed by atoms with Crippen LogP contribution in [0.1, 0.15) is 25.7 Å². The Labute approximate surface area is 123 Å². The van der Waals surface area contributed by atoms with Crippen LogP contribution in [0.4, 0.5) is 10.5 Å².